The van der Waals surface area contributed by atoms with Crippen molar-refractivity contribution in [3.63, 3.8) is 0 Å². The summed E-state index contributed by atoms with van der Waals surface area (Å²) in [4.78, 5) is 48.4. The number of thiazole rings is 1. The van der Waals surface area contributed by atoms with Gasteiger partial charge in [0.25, 0.3) is 5.56 Å². The Morgan fingerprint density at radius 3 is 2.65 bits per heavy atom. The average molecular weight is 487 g/mol. The van der Waals surface area contributed by atoms with Gasteiger partial charge in [-0.3, -0.25) is 19.0 Å². The van der Waals surface area contributed by atoms with Crippen molar-refractivity contribution in [2.45, 2.75) is 19.4 Å². The summed E-state index contributed by atoms with van der Waals surface area (Å²) < 4.78 is 12.1. The van der Waals surface area contributed by atoms with Crippen LogP contribution >= 0.6 is 11.3 Å². The van der Waals surface area contributed by atoms with Crippen LogP contribution in [-0.4, -0.2) is 60.7 Å². The highest BCUT2D eigenvalue weighted by molar-refractivity contribution is 7.22. The van der Waals surface area contributed by atoms with Gasteiger partial charge in [0.05, 0.1) is 19.9 Å². The van der Waals surface area contributed by atoms with Crippen molar-refractivity contribution in [3.8, 4) is 11.5 Å². The largest absolute Gasteiger partial charge is 0.497 e. The Kier molecular flexibility index (Phi) is 6.96. The molecule has 0 radical (unpaired) electrons. The Balaban J connectivity index is 1.48. The molecule has 1 aliphatic rings. The first kappa shape index (κ1) is 23.5. The SMILES string of the molecule is CNC(=O)C1CCN(c2nc3ncn(CC(=O)Nc4cc(OC)ccc4OC)c(=O)c3s2)CC1. The summed E-state index contributed by atoms with van der Waals surface area (Å²) in [6.07, 6.45) is 2.77. The number of ether oxygens (including phenoxy) is 2. The van der Waals surface area contributed by atoms with E-state index in [-0.39, 0.29) is 23.9 Å². The zero-order chi connectivity index (χ0) is 24.2. The van der Waals surface area contributed by atoms with Gasteiger partial charge in [-0.2, -0.15) is 4.98 Å². The number of hydrogen-bond donors (Lipinski definition) is 2. The molecular formula is C22H26N6O5S. The van der Waals surface area contributed by atoms with Gasteiger partial charge in [-0.25, -0.2) is 4.98 Å². The van der Waals surface area contributed by atoms with Crippen LogP contribution in [0.5, 0.6) is 11.5 Å². The van der Waals surface area contributed by atoms with E-state index in [1.54, 1.807) is 25.2 Å². The third-order valence-electron chi connectivity index (χ3n) is 5.75. The van der Waals surface area contributed by atoms with Gasteiger partial charge in [-0.15, -0.1) is 0 Å². The number of fused-ring (bicyclic) bond motifs is 1. The lowest BCUT2D eigenvalue weighted by atomic mass is 9.96. The van der Waals surface area contributed by atoms with E-state index in [0.29, 0.717) is 45.8 Å². The second-order valence-electron chi connectivity index (χ2n) is 7.82. The van der Waals surface area contributed by atoms with Gasteiger partial charge >= 0.3 is 0 Å². The van der Waals surface area contributed by atoms with Crippen molar-refractivity contribution < 1.29 is 19.1 Å². The van der Waals surface area contributed by atoms with Crippen LogP contribution in [0.1, 0.15) is 12.8 Å². The first-order valence-corrected chi connectivity index (χ1v) is 11.6. The molecule has 12 heteroatoms. The fourth-order valence-corrected chi connectivity index (χ4v) is 4.90. The minimum Gasteiger partial charge on any atom is -0.497 e. The van der Waals surface area contributed by atoms with E-state index in [1.807, 2.05) is 0 Å². The van der Waals surface area contributed by atoms with Gasteiger partial charge in [0.15, 0.2) is 10.8 Å². The van der Waals surface area contributed by atoms with Crippen LogP contribution in [0, 0.1) is 5.92 Å². The summed E-state index contributed by atoms with van der Waals surface area (Å²) in [5.74, 6) is 0.678. The molecule has 3 heterocycles. The summed E-state index contributed by atoms with van der Waals surface area (Å²) in [6.45, 7) is 1.14. The summed E-state index contributed by atoms with van der Waals surface area (Å²) >= 11 is 1.25. The molecule has 34 heavy (non-hydrogen) atoms. The van der Waals surface area contributed by atoms with Crippen LogP contribution in [0.3, 0.4) is 0 Å². The van der Waals surface area contributed by atoms with Gasteiger partial charge in [0.2, 0.25) is 11.8 Å². The number of methoxy groups -OCH3 is 2. The monoisotopic (exact) mass is 486 g/mol. The number of nitrogens with one attached hydrogen (secondary N) is 2. The fourth-order valence-electron chi connectivity index (χ4n) is 3.88. The van der Waals surface area contributed by atoms with Crippen molar-refractivity contribution in [2.75, 3.05) is 44.6 Å². The van der Waals surface area contributed by atoms with Crippen molar-refractivity contribution in [3.05, 3.63) is 34.9 Å². The van der Waals surface area contributed by atoms with Gasteiger partial charge in [0.1, 0.15) is 29.1 Å². The van der Waals surface area contributed by atoms with Crippen LogP contribution in [0.2, 0.25) is 0 Å². The zero-order valence-corrected chi connectivity index (χ0v) is 20.0. The number of aromatic nitrogens is 3. The molecule has 1 saturated heterocycles. The number of rotatable bonds is 7. The molecule has 2 amide bonds. The number of benzene rings is 1. The topological polar surface area (TPSA) is 128 Å². The lowest BCUT2D eigenvalue weighted by molar-refractivity contribution is -0.125. The Bertz CT molecular complexity index is 1260. The van der Waals surface area contributed by atoms with E-state index in [0.717, 1.165) is 12.8 Å². The first-order valence-electron chi connectivity index (χ1n) is 10.8. The van der Waals surface area contributed by atoms with Crippen LogP contribution < -0.4 is 30.6 Å². The van der Waals surface area contributed by atoms with E-state index < -0.39 is 5.91 Å². The Hall–Kier alpha value is -3.67. The molecule has 3 aromatic rings. The summed E-state index contributed by atoms with van der Waals surface area (Å²) in [5, 5.41) is 6.14. The van der Waals surface area contributed by atoms with E-state index in [1.165, 1.54) is 36.5 Å². The minimum atomic E-state index is -0.407. The van der Waals surface area contributed by atoms with Crippen molar-refractivity contribution in [2.24, 2.45) is 5.92 Å². The maximum absolute atomic E-state index is 13.0. The fraction of sp³-hybridized carbons (Fsp3) is 0.409. The third kappa shape index (κ3) is 4.81. The predicted octanol–water partition coefficient (Wildman–Crippen LogP) is 1.47. The number of hydrogen-bond acceptors (Lipinski definition) is 9. The lowest BCUT2D eigenvalue weighted by Crippen LogP contribution is -2.39. The Labute approximate surface area is 199 Å². The van der Waals surface area contributed by atoms with Crippen LogP contribution in [0.25, 0.3) is 10.3 Å². The molecule has 0 saturated carbocycles. The molecule has 1 fully saturated rings. The van der Waals surface area contributed by atoms with Crippen molar-refractivity contribution in [1.29, 1.82) is 0 Å². The van der Waals surface area contributed by atoms with Crippen LogP contribution in [0.15, 0.2) is 29.3 Å². The predicted molar refractivity (Wildman–Crippen MR) is 129 cm³/mol. The minimum absolute atomic E-state index is 0.00676. The van der Waals surface area contributed by atoms with Crippen LogP contribution in [0.4, 0.5) is 10.8 Å². The molecule has 0 bridgehead atoms. The molecule has 2 N–H and O–H groups in total. The van der Waals surface area contributed by atoms with E-state index in [9.17, 15) is 14.4 Å². The molecule has 180 valence electrons. The van der Waals surface area contributed by atoms with Gasteiger partial charge < -0.3 is 25.0 Å². The quantitative estimate of drug-likeness (QED) is 0.514. The van der Waals surface area contributed by atoms with E-state index in [4.69, 9.17) is 9.47 Å². The molecule has 1 aliphatic heterocycles. The second-order valence-corrected chi connectivity index (χ2v) is 8.79. The molecule has 0 aliphatic carbocycles. The molecule has 4 rings (SSSR count). The van der Waals surface area contributed by atoms with Gasteiger partial charge in [0, 0.05) is 32.1 Å². The highest BCUT2D eigenvalue weighted by Crippen LogP contribution is 2.30. The first-order chi connectivity index (χ1) is 16.4. The molecule has 11 nitrogen and oxygen atoms in total. The van der Waals surface area contributed by atoms with Crippen molar-refractivity contribution >= 4 is 44.3 Å². The number of amides is 2. The Morgan fingerprint density at radius 1 is 1.21 bits per heavy atom. The van der Waals surface area contributed by atoms with E-state index >= 15 is 0 Å². The molecule has 0 unspecified atom stereocenters. The molecule has 0 spiro atoms. The summed E-state index contributed by atoms with van der Waals surface area (Å²) in [5.41, 5.74) is 0.459. The standard InChI is InChI=1S/C22H26N6O5S/c1-23-20(30)13-6-8-27(9-7-13)22-26-19-18(34-22)21(31)28(12-24-19)11-17(29)25-15-10-14(32-2)4-5-16(15)33-3/h4-5,10,12-13H,6-9,11H2,1-3H3,(H,23,30)(H,25,29). The highest BCUT2D eigenvalue weighted by atomic mass is 32.1. The number of piperidine rings is 1. The number of anilines is 2. The zero-order valence-electron chi connectivity index (χ0n) is 19.2. The molecule has 1 aromatic carbocycles. The van der Waals surface area contributed by atoms with Gasteiger partial charge in [-0.1, -0.05) is 11.3 Å². The number of carbonyl (C=O) groups excluding carboxylic acids is 2. The maximum Gasteiger partial charge on any atom is 0.273 e. The summed E-state index contributed by atoms with van der Waals surface area (Å²) in [7, 11) is 4.68. The van der Waals surface area contributed by atoms with Crippen LogP contribution in [-0.2, 0) is 16.1 Å². The number of nitrogens with zero attached hydrogens (tertiary/aromatic N) is 4. The van der Waals surface area contributed by atoms with Crippen molar-refractivity contribution in [1.82, 2.24) is 19.9 Å². The second kappa shape index (κ2) is 10.1. The lowest BCUT2D eigenvalue weighted by Gasteiger charge is -2.30. The third-order valence-corrected chi connectivity index (χ3v) is 6.84. The average Bonchev–Trinajstić information content (AvgIpc) is 3.30. The highest BCUT2D eigenvalue weighted by Gasteiger charge is 2.26. The summed E-state index contributed by atoms with van der Waals surface area (Å²) in [6, 6.07) is 5.05. The normalized spacial score (nSPS) is 14.1. The molecule has 0 atom stereocenters. The molecule has 2 aromatic heterocycles. The Morgan fingerprint density at radius 2 is 1.97 bits per heavy atom. The number of carbonyl (C=O) groups is 2. The smallest absolute Gasteiger partial charge is 0.273 e. The van der Waals surface area contributed by atoms with Gasteiger partial charge in [-0.05, 0) is 25.0 Å². The maximum atomic E-state index is 13.0. The van der Waals surface area contributed by atoms with E-state index in [2.05, 4.69) is 25.5 Å². The molecular weight excluding hydrogens is 460 g/mol.